The molecule has 0 aliphatic rings. The third-order valence-electron chi connectivity index (χ3n) is 1.96. The number of aliphatic imine (C=N–C) groups is 1. The number of hydrogen-bond donors (Lipinski definition) is 1. The van der Waals surface area contributed by atoms with Crippen molar-refractivity contribution in [2.45, 2.75) is 32.7 Å². The molecule has 5 nitrogen and oxygen atoms in total. The second-order valence-electron chi connectivity index (χ2n) is 3.48. The van der Waals surface area contributed by atoms with E-state index in [-0.39, 0.29) is 12.4 Å². The van der Waals surface area contributed by atoms with Gasteiger partial charge in [0, 0.05) is 5.71 Å². The van der Waals surface area contributed by atoms with Gasteiger partial charge in [-0.2, -0.15) is 11.8 Å². The van der Waals surface area contributed by atoms with Crippen molar-refractivity contribution in [3.63, 3.8) is 0 Å². The zero-order chi connectivity index (χ0) is 13.3. The fraction of sp³-hybridized carbons (Fsp3) is 0.727. The first-order valence-corrected chi connectivity index (χ1v) is 6.81. The van der Waals surface area contributed by atoms with Crippen molar-refractivity contribution in [1.29, 1.82) is 0 Å². The molecule has 0 bridgehead atoms. The maximum Gasteiger partial charge on any atom is 0.328 e. The number of hydrogen-bond acceptors (Lipinski definition) is 5. The zero-order valence-electron chi connectivity index (χ0n) is 10.4. The molecule has 0 aromatic rings. The lowest BCUT2D eigenvalue weighted by Gasteiger charge is -2.08. The van der Waals surface area contributed by atoms with Crippen LogP contribution in [-0.4, -0.2) is 47.4 Å². The van der Waals surface area contributed by atoms with Crippen molar-refractivity contribution >= 4 is 29.4 Å². The molecule has 0 spiro atoms. The minimum absolute atomic E-state index is 0.0525. The van der Waals surface area contributed by atoms with Crippen LogP contribution in [-0.2, 0) is 14.3 Å². The van der Waals surface area contributed by atoms with Gasteiger partial charge in [0.2, 0.25) is 0 Å². The average molecular weight is 261 g/mol. The lowest BCUT2D eigenvalue weighted by atomic mass is 10.2. The highest BCUT2D eigenvalue weighted by atomic mass is 32.2. The first-order valence-electron chi connectivity index (χ1n) is 5.41. The van der Waals surface area contributed by atoms with Crippen LogP contribution in [0, 0.1) is 0 Å². The van der Waals surface area contributed by atoms with Gasteiger partial charge in [-0.05, 0) is 32.3 Å². The van der Waals surface area contributed by atoms with Crippen LogP contribution < -0.4 is 0 Å². The van der Waals surface area contributed by atoms with E-state index in [0.29, 0.717) is 18.7 Å². The minimum atomic E-state index is -0.956. The van der Waals surface area contributed by atoms with E-state index in [9.17, 15) is 9.59 Å². The molecule has 0 aliphatic heterocycles. The van der Waals surface area contributed by atoms with Crippen molar-refractivity contribution < 1.29 is 19.4 Å². The highest BCUT2D eigenvalue weighted by Gasteiger charge is 2.16. The van der Waals surface area contributed by atoms with Gasteiger partial charge in [0.15, 0.2) is 0 Å². The molecule has 0 saturated carbocycles. The summed E-state index contributed by atoms with van der Waals surface area (Å²) < 4.78 is 4.76. The van der Waals surface area contributed by atoms with Crippen LogP contribution in [0.5, 0.6) is 0 Å². The summed E-state index contributed by atoms with van der Waals surface area (Å²) in [6.07, 6.45) is 2.43. The van der Waals surface area contributed by atoms with Crippen molar-refractivity contribution in [2.75, 3.05) is 18.6 Å². The van der Waals surface area contributed by atoms with Crippen molar-refractivity contribution in [1.82, 2.24) is 0 Å². The number of thioether (sulfide) groups is 1. The van der Waals surface area contributed by atoms with E-state index in [1.54, 1.807) is 25.6 Å². The summed E-state index contributed by atoms with van der Waals surface area (Å²) in [5.74, 6) is -0.599. The van der Waals surface area contributed by atoms with Crippen LogP contribution in [0.2, 0.25) is 0 Å². The van der Waals surface area contributed by atoms with E-state index in [4.69, 9.17) is 9.84 Å². The molecule has 0 rings (SSSR count). The Labute approximate surface area is 106 Å². The summed E-state index contributed by atoms with van der Waals surface area (Å²) in [5, 5.41) is 8.95. The number of esters is 1. The monoisotopic (exact) mass is 261 g/mol. The van der Waals surface area contributed by atoms with Crippen molar-refractivity contribution in [3.8, 4) is 0 Å². The fourth-order valence-corrected chi connectivity index (χ4v) is 1.66. The second-order valence-corrected chi connectivity index (χ2v) is 4.47. The van der Waals surface area contributed by atoms with Crippen LogP contribution >= 0.6 is 11.8 Å². The van der Waals surface area contributed by atoms with Crippen LogP contribution in [0.25, 0.3) is 0 Å². The molecule has 0 aromatic carbocycles. The van der Waals surface area contributed by atoms with E-state index in [0.717, 1.165) is 5.75 Å². The third-order valence-corrected chi connectivity index (χ3v) is 2.61. The topological polar surface area (TPSA) is 76.0 Å². The van der Waals surface area contributed by atoms with Crippen LogP contribution in [0.1, 0.15) is 26.7 Å². The van der Waals surface area contributed by atoms with Gasteiger partial charge < -0.3 is 9.84 Å². The van der Waals surface area contributed by atoms with Crippen molar-refractivity contribution in [2.24, 2.45) is 4.99 Å². The van der Waals surface area contributed by atoms with E-state index >= 15 is 0 Å². The normalized spacial score (nSPS) is 13.2. The number of nitrogens with zero attached hydrogens (tertiary/aromatic N) is 1. The van der Waals surface area contributed by atoms with E-state index < -0.39 is 12.0 Å². The number of ether oxygens (including phenoxy) is 1. The van der Waals surface area contributed by atoms with Gasteiger partial charge >= 0.3 is 11.9 Å². The Morgan fingerprint density at radius 3 is 2.59 bits per heavy atom. The summed E-state index contributed by atoms with van der Waals surface area (Å²) in [5.41, 5.74) is 0.497. The van der Waals surface area contributed by atoms with E-state index in [2.05, 4.69) is 4.99 Å². The summed E-state index contributed by atoms with van der Waals surface area (Å²) in [6, 6.07) is -0.767. The first-order chi connectivity index (χ1) is 8.01. The summed E-state index contributed by atoms with van der Waals surface area (Å²) in [6.45, 7) is 3.69. The maximum absolute atomic E-state index is 11.2. The maximum atomic E-state index is 11.2. The molecule has 6 heteroatoms. The van der Waals surface area contributed by atoms with Crippen LogP contribution in [0.3, 0.4) is 0 Å². The molecule has 1 atom stereocenters. The van der Waals surface area contributed by atoms with E-state index in [1.807, 2.05) is 6.26 Å². The quantitative estimate of drug-likeness (QED) is 0.530. The largest absolute Gasteiger partial charge is 0.480 e. The highest BCUT2D eigenvalue weighted by Crippen LogP contribution is 2.06. The molecular weight excluding hydrogens is 242 g/mol. The van der Waals surface area contributed by atoms with Gasteiger partial charge in [-0.25, -0.2) is 4.79 Å². The number of aliphatic carboxylic acids is 1. The van der Waals surface area contributed by atoms with Gasteiger partial charge in [0.25, 0.3) is 0 Å². The summed E-state index contributed by atoms with van der Waals surface area (Å²) >= 11 is 1.57. The van der Waals surface area contributed by atoms with Crippen LogP contribution in [0.15, 0.2) is 4.99 Å². The molecule has 0 radical (unpaired) electrons. The first kappa shape index (κ1) is 16.0. The Bertz CT molecular complexity index is 291. The zero-order valence-corrected chi connectivity index (χ0v) is 11.2. The van der Waals surface area contributed by atoms with E-state index in [1.165, 1.54) is 0 Å². The predicted octanol–water partition coefficient (Wildman–Crippen LogP) is 1.61. The molecule has 0 aliphatic carbocycles. The molecule has 0 amide bonds. The Morgan fingerprint density at radius 1 is 1.47 bits per heavy atom. The summed E-state index contributed by atoms with van der Waals surface area (Å²) in [7, 11) is 0. The van der Waals surface area contributed by atoms with Gasteiger partial charge in [-0.15, -0.1) is 0 Å². The molecular formula is C11H19NO4S. The number of rotatable bonds is 8. The lowest BCUT2D eigenvalue weighted by molar-refractivity contribution is -0.142. The standard InChI is InChI=1S/C11H19NO4S/c1-4-16-10(13)7-8(2)12-9(11(14)15)5-6-17-3/h9H,4-7H2,1-3H3,(H,14,15)/t9-/m0/s1. The number of carboxylic acid groups (broad SMARTS) is 1. The van der Waals surface area contributed by atoms with Gasteiger partial charge in [0.1, 0.15) is 6.04 Å². The molecule has 1 N–H and O–H groups in total. The molecule has 0 saturated heterocycles. The molecule has 0 heterocycles. The fourth-order valence-electron chi connectivity index (χ4n) is 1.21. The Morgan fingerprint density at radius 2 is 2.12 bits per heavy atom. The molecule has 98 valence electrons. The van der Waals surface area contributed by atoms with Crippen molar-refractivity contribution in [3.05, 3.63) is 0 Å². The minimum Gasteiger partial charge on any atom is -0.480 e. The van der Waals surface area contributed by atoms with Gasteiger partial charge in [-0.3, -0.25) is 9.79 Å². The van der Waals surface area contributed by atoms with Gasteiger partial charge in [-0.1, -0.05) is 0 Å². The predicted molar refractivity (Wildman–Crippen MR) is 68.8 cm³/mol. The number of carboxylic acids is 1. The Kier molecular flexibility index (Phi) is 8.49. The smallest absolute Gasteiger partial charge is 0.328 e. The SMILES string of the molecule is CCOC(=O)CC(C)=N[C@@H](CCSC)C(=O)O. The molecule has 0 aromatic heterocycles. The Balaban J connectivity index is 4.37. The van der Waals surface area contributed by atoms with Crippen LogP contribution in [0.4, 0.5) is 0 Å². The molecule has 17 heavy (non-hydrogen) atoms. The number of carbonyl (C=O) groups is 2. The summed E-state index contributed by atoms with van der Waals surface area (Å²) in [4.78, 5) is 26.1. The Hall–Kier alpha value is -1.04. The third kappa shape index (κ3) is 7.79. The van der Waals surface area contributed by atoms with Gasteiger partial charge in [0.05, 0.1) is 13.0 Å². The number of carbonyl (C=O) groups excluding carboxylic acids is 1. The average Bonchev–Trinajstić information content (AvgIpc) is 2.23. The highest BCUT2D eigenvalue weighted by molar-refractivity contribution is 7.98. The molecule has 0 unspecified atom stereocenters. The second kappa shape index (κ2) is 9.04. The lowest BCUT2D eigenvalue weighted by Crippen LogP contribution is -2.21. The molecule has 0 fully saturated rings.